The van der Waals surface area contributed by atoms with Crippen LogP contribution in [0.5, 0.6) is 0 Å². The van der Waals surface area contributed by atoms with Crippen molar-refractivity contribution >= 4 is 15.7 Å². The molecule has 0 aromatic heterocycles. The molecule has 6 nitrogen and oxygen atoms in total. The topological polar surface area (TPSA) is 69.7 Å². The van der Waals surface area contributed by atoms with Crippen molar-refractivity contribution in [3.8, 4) is 0 Å². The van der Waals surface area contributed by atoms with Gasteiger partial charge in [-0.25, -0.2) is 8.42 Å². The summed E-state index contributed by atoms with van der Waals surface area (Å²) in [7, 11) is -3.01. The van der Waals surface area contributed by atoms with Crippen molar-refractivity contribution in [3.05, 3.63) is 35.4 Å². The highest BCUT2D eigenvalue weighted by Gasteiger charge is 2.39. The van der Waals surface area contributed by atoms with E-state index in [2.05, 4.69) is 53.2 Å². The first-order valence-corrected chi connectivity index (χ1v) is 12.0. The van der Waals surface area contributed by atoms with Crippen LogP contribution in [0.25, 0.3) is 0 Å². The maximum absolute atomic E-state index is 12.4. The normalized spacial score (nSPS) is 25.9. The van der Waals surface area contributed by atoms with Crippen LogP contribution in [-0.2, 0) is 21.2 Å². The van der Waals surface area contributed by atoms with Crippen molar-refractivity contribution in [1.29, 1.82) is 0 Å². The van der Waals surface area contributed by atoms with Gasteiger partial charge >= 0.3 is 0 Å². The van der Waals surface area contributed by atoms with Crippen molar-refractivity contribution in [2.75, 3.05) is 44.2 Å². The number of carbonyl (C=O) groups excluding carboxylic acids is 1. The third-order valence-corrected chi connectivity index (χ3v) is 7.73. The van der Waals surface area contributed by atoms with Crippen LogP contribution in [-0.4, -0.2) is 73.9 Å². The summed E-state index contributed by atoms with van der Waals surface area (Å²) in [5.41, 5.74) is 2.08. The Morgan fingerprint density at radius 1 is 1.11 bits per heavy atom. The number of benzene rings is 1. The number of amides is 1. The van der Waals surface area contributed by atoms with Crippen LogP contribution in [0.1, 0.15) is 44.2 Å². The Labute approximate surface area is 169 Å². The van der Waals surface area contributed by atoms with E-state index in [4.69, 9.17) is 0 Å². The zero-order valence-corrected chi connectivity index (χ0v) is 18.1. The fourth-order valence-corrected chi connectivity index (χ4v) is 6.15. The molecule has 2 heterocycles. The van der Waals surface area contributed by atoms with Crippen molar-refractivity contribution < 1.29 is 13.2 Å². The maximum atomic E-state index is 12.4. The molecule has 1 amide bonds. The van der Waals surface area contributed by atoms with Gasteiger partial charge in [0.2, 0.25) is 5.91 Å². The Morgan fingerprint density at radius 2 is 1.71 bits per heavy atom. The second kappa shape index (κ2) is 8.51. The van der Waals surface area contributed by atoms with Crippen molar-refractivity contribution in [1.82, 2.24) is 15.1 Å². The molecule has 7 heteroatoms. The summed E-state index contributed by atoms with van der Waals surface area (Å²) in [5, 5.41) is 2.95. The molecule has 2 aliphatic heterocycles. The number of carbonyl (C=O) groups is 1. The first-order valence-electron chi connectivity index (χ1n) is 10.2. The first-order chi connectivity index (χ1) is 13.1. The maximum Gasteiger partial charge on any atom is 0.234 e. The lowest BCUT2D eigenvalue weighted by molar-refractivity contribution is -0.124. The van der Waals surface area contributed by atoms with Gasteiger partial charge in [-0.1, -0.05) is 38.1 Å². The monoisotopic (exact) mass is 407 g/mol. The number of piperazine rings is 1. The molecule has 28 heavy (non-hydrogen) atoms. The molecule has 0 aliphatic carbocycles. The van der Waals surface area contributed by atoms with E-state index in [0.717, 1.165) is 32.7 Å². The number of hydrogen-bond donors (Lipinski definition) is 1. The van der Waals surface area contributed by atoms with E-state index in [1.807, 2.05) is 6.92 Å². The van der Waals surface area contributed by atoms with Crippen LogP contribution in [0.15, 0.2) is 24.3 Å². The summed E-state index contributed by atoms with van der Waals surface area (Å²) in [4.78, 5) is 17.0. The molecule has 2 fully saturated rings. The van der Waals surface area contributed by atoms with Gasteiger partial charge in [0.1, 0.15) is 0 Å². The van der Waals surface area contributed by atoms with Gasteiger partial charge in [0.25, 0.3) is 0 Å². The van der Waals surface area contributed by atoms with Crippen molar-refractivity contribution in [2.24, 2.45) is 0 Å². The molecule has 0 unspecified atom stereocenters. The summed E-state index contributed by atoms with van der Waals surface area (Å²) >= 11 is 0. The lowest BCUT2D eigenvalue weighted by Crippen LogP contribution is -2.53. The van der Waals surface area contributed by atoms with E-state index in [-0.39, 0.29) is 17.4 Å². The third kappa shape index (κ3) is 5.78. The Balaban J connectivity index is 1.42. The largest absolute Gasteiger partial charge is 0.349 e. The Kier molecular flexibility index (Phi) is 6.47. The van der Waals surface area contributed by atoms with Crippen LogP contribution in [0.4, 0.5) is 0 Å². The Bertz CT molecular complexity index is 784. The SMILES string of the molecule is CC(C)c1ccc(CN2CCN(CC(=O)N[C@@]3(C)CCS(=O)(=O)C3)CC2)cc1. The summed E-state index contributed by atoms with van der Waals surface area (Å²) in [5.74, 6) is 0.697. The van der Waals surface area contributed by atoms with Gasteiger partial charge in [-0.2, -0.15) is 0 Å². The van der Waals surface area contributed by atoms with Crippen molar-refractivity contribution in [2.45, 2.75) is 45.2 Å². The second-order valence-electron chi connectivity index (χ2n) is 8.90. The minimum atomic E-state index is -3.01. The molecule has 156 valence electrons. The highest BCUT2D eigenvalue weighted by molar-refractivity contribution is 7.91. The average Bonchev–Trinajstić information content (AvgIpc) is 2.89. The summed E-state index contributed by atoms with van der Waals surface area (Å²) in [6.45, 7) is 11.1. The second-order valence-corrected chi connectivity index (χ2v) is 11.1. The van der Waals surface area contributed by atoms with Crippen LogP contribution in [0.3, 0.4) is 0 Å². The summed E-state index contributed by atoms with van der Waals surface area (Å²) < 4.78 is 23.4. The van der Waals surface area contributed by atoms with E-state index in [9.17, 15) is 13.2 Å². The quantitative estimate of drug-likeness (QED) is 0.776. The van der Waals surface area contributed by atoms with Gasteiger partial charge in [-0.05, 0) is 30.4 Å². The fraction of sp³-hybridized carbons (Fsp3) is 0.667. The van der Waals surface area contributed by atoms with E-state index < -0.39 is 15.4 Å². The number of rotatable bonds is 6. The molecule has 3 rings (SSSR count). The smallest absolute Gasteiger partial charge is 0.234 e. The summed E-state index contributed by atoms with van der Waals surface area (Å²) in [6.07, 6.45) is 0.504. The van der Waals surface area contributed by atoms with Gasteiger partial charge in [-0.15, -0.1) is 0 Å². The Hall–Kier alpha value is -1.44. The van der Waals surface area contributed by atoms with Crippen LogP contribution in [0.2, 0.25) is 0 Å². The lowest BCUT2D eigenvalue weighted by atomic mass is 10.0. The highest BCUT2D eigenvalue weighted by Crippen LogP contribution is 2.22. The molecule has 0 bridgehead atoms. The third-order valence-electron chi connectivity index (χ3n) is 5.83. The molecule has 0 saturated carbocycles. The van der Waals surface area contributed by atoms with E-state index in [1.54, 1.807) is 0 Å². The zero-order valence-electron chi connectivity index (χ0n) is 17.3. The molecule has 1 atom stereocenters. The van der Waals surface area contributed by atoms with Gasteiger partial charge in [0, 0.05) is 32.7 Å². The zero-order chi connectivity index (χ0) is 20.4. The fourth-order valence-electron chi connectivity index (χ4n) is 4.06. The molecule has 2 saturated heterocycles. The standard InChI is InChI=1S/C21H33N3O3S/c1-17(2)19-6-4-18(5-7-19)14-23-9-11-24(12-10-23)15-20(25)22-21(3)8-13-28(26,27)16-21/h4-7,17H,8-16H2,1-3H3,(H,22,25)/t21-/m0/s1. The molecule has 1 N–H and O–H groups in total. The van der Waals surface area contributed by atoms with Crippen molar-refractivity contribution in [3.63, 3.8) is 0 Å². The minimum absolute atomic E-state index is 0.0507. The molecule has 0 radical (unpaired) electrons. The number of nitrogens with one attached hydrogen (secondary N) is 1. The van der Waals surface area contributed by atoms with Crippen LogP contribution in [0, 0.1) is 0 Å². The number of nitrogens with zero attached hydrogens (tertiary/aromatic N) is 2. The van der Waals surface area contributed by atoms with Gasteiger partial charge < -0.3 is 5.32 Å². The highest BCUT2D eigenvalue weighted by atomic mass is 32.2. The average molecular weight is 408 g/mol. The van der Waals surface area contributed by atoms with Crippen LogP contribution < -0.4 is 5.32 Å². The van der Waals surface area contributed by atoms with Crippen LogP contribution >= 0.6 is 0 Å². The van der Waals surface area contributed by atoms with Gasteiger partial charge in [0.05, 0.1) is 23.6 Å². The van der Waals surface area contributed by atoms with E-state index in [0.29, 0.717) is 18.9 Å². The predicted molar refractivity (Wildman–Crippen MR) is 112 cm³/mol. The molecule has 1 aromatic rings. The lowest BCUT2D eigenvalue weighted by Gasteiger charge is -2.35. The predicted octanol–water partition coefficient (Wildman–Crippen LogP) is 1.62. The molecule has 1 aromatic carbocycles. The summed E-state index contributed by atoms with van der Waals surface area (Å²) in [6, 6.07) is 8.85. The molecule has 2 aliphatic rings. The van der Waals surface area contributed by atoms with E-state index >= 15 is 0 Å². The van der Waals surface area contributed by atoms with Gasteiger partial charge in [-0.3, -0.25) is 14.6 Å². The Morgan fingerprint density at radius 3 is 2.25 bits per heavy atom. The van der Waals surface area contributed by atoms with E-state index in [1.165, 1.54) is 11.1 Å². The first kappa shape index (κ1) is 21.3. The molecule has 0 spiro atoms. The number of hydrogen-bond acceptors (Lipinski definition) is 5. The number of sulfone groups is 1. The minimum Gasteiger partial charge on any atom is -0.349 e. The van der Waals surface area contributed by atoms with Gasteiger partial charge in [0.15, 0.2) is 9.84 Å². The molecular weight excluding hydrogens is 374 g/mol. The molecular formula is C21H33N3O3S.